The van der Waals surface area contributed by atoms with Gasteiger partial charge in [-0.2, -0.15) is 0 Å². The van der Waals surface area contributed by atoms with Gasteiger partial charge >= 0.3 is 0 Å². The monoisotopic (exact) mass is 571 g/mol. The number of nitrogens with zero attached hydrogens (tertiary/aromatic N) is 1. The van der Waals surface area contributed by atoms with Crippen LogP contribution in [0.1, 0.15) is 0 Å². The van der Waals surface area contributed by atoms with Crippen LogP contribution >= 0.6 is 0 Å². The van der Waals surface area contributed by atoms with Gasteiger partial charge in [0.05, 0.1) is 0 Å². The zero-order valence-corrected chi connectivity index (χ0v) is 24.7. The zero-order valence-electron chi connectivity index (χ0n) is 24.7. The van der Waals surface area contributed by atoms with Gasteiger partial charge in [-0.1, -0.05) is 127 Å². The van der Waals surface area contributed by atoms with Gasteiger partial charge in [0.15, 0.2) is 0 Å². The largest absolute Gasteiger partial charge is 0.311 e. The topological polar surface area (TPSA) is 3.24 Å². The van der Waals surface area contributed by atoms with Gasteiger partial charge in [0.2, 0.25) is 0 Å². The highest BCUT2D eigenvalue weighted by molar-refractivity contribution is 6.18. The van der Waals surface area contributed by atoms with Crippen LogP contribution in [0.5, 0.6) is 0 Å². The van der Waals surface area contributed by atoms with Gasteiger partial charge < -0.3 is 4.90 Å². The second kappa shape index (κ2) is 10.4. The predicted octanol–water partition coefficient (Wildman–Crippen LogP) is 12.4. The SMILES string of the molecule is c1ccc(N(c2ccccc2)c2ccc(-c3ccc4cc(-c5ccc6c7c(cccc57)-c5ccccc5-6)ccc4c3)cc2)cc1. The summed E-state index contributed by atoms with van der Waals surface area (Å²) in [6.07, 6.45) is 0. The van der Waals surface area contributed by atoms with Crippen molar-refractivity contribution in [2.24, 2.45) is 0 Å². The fraction of sp³-hybridized carbons (Fsp3) is 0. The second-order valence-electron chi connectivity index (χ2n) is 11.8. The third kappa shape index (κ3) is 4.24. The molecule has 0 atom stereocenters. The van der Waals surface area contributed by atoms with Crippen molar-refractivity contribution in [3.63, 3.8) is 0 Å². The lowest BCUT2D eigenvalue weighted by molar-refractivity contribution is 1.28. The quantitative estimate of drug-likeness (QED) is 0.199. The summed E-state index contributed by atoms with van der Waals surface area (Å²) in [5.41, 5.74) is 13.7. The number of hydrogen-bond donors (Lipinski definition) is 0. The number of anilines is 3. The van der Waals surface area contributed by atoms with E-state index in [2.05, 4.69) is 181 Å². The number of hydrogen-bond acceptors (Lipinski definition) is 1. The average molecular weight is 572 g/mol. The van der Waals surface area contributed by atoms with Crippen LogP contribution in [0.25, 0.3) is 66.1 Å². The van der Waals surface area contributed by atoms with Gasteiger partial charge in [0.25, 0.3) is 0 Å². The fourth-order valence-corrected chi connectivity index (χ4v) is 7.06. The van der Waals surface area contributed by atoms with Crippen LogP contribution < -0.4 is 4.90 Å². The highest BCUT2D eigenvalue weighted by Crippen LogP contribution is 2.49. The summed E-state index contributed by atoms with van der Waals surface area (Å²) in [6.45, 7) is 0. The van der Waals surface area contributed by atoms with Crippen LogP contribution in [0.15, 0.2) is 176 Å². The van der Waals surface area contributed by atoms with E-state index >= 15 is 0 Å². The summed E-state index contributed by atoms with van der Waals surface area (Å²) in [7, 11) is 0. The van der Waals surface area contributed by atoms with E-state index in [4.69, 9.17) is 0 Å². The van der Waals surface area contributed by atoms with Gasteiger partial charge in [-0.25, -0.2) is 0 Å². The molecule has 0 aromatic heterocycles. The molecular weight excluding hydrogens is 542 g/mol. The van der Waals surface area contributed by atoms with E-state index in [0.717, 1.165) is 17.1 Å². The zero-order chi connectivity index (χ0) is 29.7. The first-order valence-corrected chi connectivity index (χ1v) is 15.5. The minimum atomic E-state index is 1.13. The summed E-state index contributed by atoms with van der Waals surface area (Å²) in [5.74, 6) is 0. The van der Waals surface area contributed by atoms with E-state index in [0.29, 0.717) is 0 Å². The smallest absolute Gasteiger partial charge is 0.0462 e. The Morgan fingerprint density at radius 3 is 1.44 bits per heavy atom. The lowest BCUT2D eigenvalue weighted by Crippen LogP contribution is -2.09. The summed E-state index contributed by atoms with van der Waals surface area (Å²) in [6, 6.07) is 63.8. The number of rotatable bonds is 5. The van der Waals surface area contributed by atoms with E-state index in [-0.39, 0.29) is 0 Å². The predicted molar refractivity (Wildman–Crippen MR) is 191 cm³/mol. The molecule has 0 saturated heterocycles. The van der Waals surface area contributed by atoms with E-state index in [1.807, 2.05) is 0 Å². The van der Waals surface area contributed by atoms with Gasteiger partial charge in [-0.3, -0.25) is 0 Å². The Kier molecular flexibility index (Phi) is 5.89. The molecular formula is C44H29N. The van der Waals surface area contributed by atoms with Gasteiger partial charge in [-0.05, 0) is 115 Å². The molecule has 0 saturated carbocycles. The lowest BCUT2D eigenvalue weighted by atomic mass is 9.92. The highest BCUT2D eigenvalue weighted by Gasteiger charge is 2.22. The molecule has 0 aliphatic heterocycles. The molecule has 0 fully saturated rings. The number of para-hydroxylation sites is 2. The average Bonchev–Trinajstić information content (AvgIpc) is 3.44. The van der Waals surface area contributed by atoms with E-state index in [1.54, 1.807) is 0 Å². The van der Waals surface area contributed by atoms with Crippen LogP contribution in [0.2, 0.25) is 0 Å². The third-order valence-corrected chi connectivity index (χ3v) is 9.19. The molecule has 0 unspecified atom stereocenters. The Balaban J connectivity index is 1.06. The maximum atomic E-state index is 2.34. The van der Waals surface area contributed by atoms with Crippen molar-refractivity contribution in [2.75, 3.05) is 4.90 Å². The first-order valence-electron chi connectivity index (χ1n) is 15.5. The Morgan fingerprint density at radius 1 is 0.289 bits per heavy atom. The first-order chi connectivity index (χ1) is 22.3. The van der Waals surface area contributed by atoms with Gasteiger partial charge in [-0.15, -0.1) is 0 Å². The molecule has 0 heterocycles. The minimum absolute atomic E-state index is 1.13. The number of benzene rings is 8. The van der Waals surface area contributed by atoms with Crippen molar-refractivity contribution < 1.29 is 0 Å². The van der Waals surface area contributed by atoms with Gasteiger partial charge in [0, 0.05) is 17.1 Å². The molecule has 1 heteroatoms. The molecule has 1 nitrogen and oxygen atoms in total. The van der Waals surface area contributed by atoms with E-state index < -0.39 is 0 Å². The van der Waals surface area contributed by atoms with Crippen molar-refractivity contribution in [3.8, 4) is 44.5 Å². The van der Waals surface area contributed by atoms with Crippen LogP contribution in [0.4, 0.5) is 17.1 Å². The maximum absolute atomic E-state index is 2.34. The van der Waals surface area contributed by atoms with Crippen LogP contribution in [-0.4, -0.2) is 0 Å². The first kappa shape index (κ1) is 25.6. The van der Waals surface area contributed by atoms with Crippen molar-refractivity contribution in [2.45, 2.75) is 0 Å². The molecule has 0 amide bonds. The Bertz CT molecular complexity index is 2280. The van der Waals surface area contributed by atoms with Crippen molar-refractivity contribution >= 4 is 38.6 Å². The minimum Gasteiger partial charge on any atom is -0.311 e. The normalized spacial score (nSPS) is 11.6. The van der Waals surface area contributed by atoms with Crippen LogP contribution in [-0.2, 0) is 0 Å². The Hall–Kier alpha value is -5.92. The summed E-state index contributed by atoms with van der Waals surface area (Å²) in [5, 5.41) is 5.18. The van der Waals surface area contributed by atoms with Gasteiger partial charge in [0.1, 0.15) is 0 Å². The molecule has 0 bridgehead atoms. The molecule has 1 aliphatic carbocycles. The molecule has 1 aliphatic rings. The van der Waals surface area contributed by atoms with Crippen LogP contribution in [0.3, 0.4) is 0 Å². The molecule has 8 aromatic rings. The lowest BCUT2D eigenvalue weighted by Gasteiger charge is -2.25. The molecule has 0 radical (unpaired) electrons. The summed E-state index contributed by atoms with van der Waals surface area (Å²) in [4.78, 5) is 2.30. The molecule has 210 valence electrons. The van der Waals surface area contributed by atoms with Crippen molar-refractivity contribution in [1.29, 1.82) is 0 Å². The number of fused-ring (bicyclic) bond motifs is 4. The molecule has 0 N–H and O–H groups in total. The standard InChI is InChI=1S/C44H29N/c1-3-10-35(11-4-1)45(36-12-5-2-6-13-36)37-24-22-30(23-25-37)31-18-19-33-29-34(21-20-32(33)28-31)38-26-27-43-40-15-8-7-14-39(40)42-17-9-16-41(38)44(42)43/h1-29H. The Labute approximate surface area is 263 Å². The van der Waals surface area contributed by atoms with E-state index in [1.165, 1.54) is 66.1 Å². The maximum Gasteiger partial charge on any atom is 0.0462 e. The summed E-state index contributed by atoms with van der Waals surface area (Å²) >= 11 is 0. The van der Waals surface area contributed by atoms with Crippen molar-refractivity contribution in [3.05, 3.63) is 176 Å². The second-order valence-corrected chi connectivity index (χ2v) is 11.8. The van der Waals surface area contributed by atoms with Crippen LogP contribution in [0, 0.1) is 0 Å². The molecule has 8 aromatic carbocycles. The molecule has 0 spiro atoms. The molecule has 9 rings (SSSR count). The van der Waals surface area contributed by atoms with Crippen molar-refractivity contribution in [1.82, 2.24) is 0 Å². The Morgan fingerprint density at radius 2 is 0.778 bits per heavy atom. The molecule has 45 heavy (non-hydrogen) atoms. The van der Waals surface area contributed by atoms with E-state index in [9.17, 15) is 0 Å². The summed E-state index contributed by atoms with van der Waals surface area (Å²) < 4.78 is 0. The third-order valence-electron chi connectivity index (χ3n) is 9.19. The fourth-order valence-electron chi connectivity index (χ4n) is 7.06. The highest BCUT2D eigenvalue weighted by atomic mass is 15.1.